The first-order valence-corrected chi connectivity index (χ1v) is 6.73. The fraction of sp³-hybridized carbons (Fsp3) is 0.462. The number of halogens is 3. The highest BCUT2D eigenvalue weighted by Gasteiger charge is 2.28. The van der Waals surface area contributed by atoms with Gasteiger partial charge in [-0.25, -0.2) is 4.39 Å². The molecule has 2 nitrogen and oxygen atoms in total. The lowest BCUT2D eigenvalue weighted by molar-refractivity contribution is 0.0902. The van der Waals surface area contributed by atoms with Crippen LogP contribution >= 0.6 is 23.2 Å². The van der Waals surface area contributed by atoms with E-state index in [0.29, 0.717) is 18.7 Å². The second-order valence-electron chi connectivity index (χ2n) is 4.18. The van der Waals surface area contributed by atoms with Gasteiger partial charge in [-0.2, -0.15) is 0 Å². The second kappa shape index (κ2) is 6.39. The summed E-state index contributed by atoms with van der Waals surface area (Å²) >= 11 is 11.7. The predicted molar refractivity (Wildman–Crippen MR) is 72.9 cm³/mol. The third-order valence-electron chi connectivity index (χ3n) is 3.18. The summed E-state index contributed by atoms with van der Waals surface area (Å²) in [5.74, 6) is -0.698. The Morgan fingerprint density at radius 2 is 2.00 bits per heavy atom. The summed E-state index contributed by atoms with van der Waals surface area (Å²) in [6, 6.07) is 4.16. The lowest BCUT2D eigenvalue weighted by atomic mass is 9.94. The molecule has 1 aromatic rings. The van der Waals surface area contributed by atoms with Gasteiger partial charge in [0.2, 0.25) is 0 Å². The number of hydrogen-bond acceptors (Lipinski definition) is 1. The molecule has 5 heteroatoms. The maximum atomic E-state index is 13.3. The van der Waals surface area contributed by atoms with Crippen molar-refractivity contribution in [3.63, 3.8) is 0 Å². The average molecular weight is 292 g/mol. The molecule has 0 saturated heterocycles. The van der Waals surface area contributed by atoms with Crippen LogP contribution in [0.25, 0.3) is 0 Å². The van der Waals surface area contributed by atoms with Gasteiger partial charge in [-0.1, -0.05) is 31.5 Å². The number of alkyl halides is 1. The van der Waals surface area contributed by atoms with Gasteiger partial charge >= 0.3 is 0 Å². The van der Waals surface area contributed by atoms with Gasteiger partial charge in [-0.15, -0.1) is 11.6 Å². The molecule has 1 aromatic carbocycles. The van der Waals surface area contributed by atoms with Gasteiger partial charge in [-0.3, -0.25) is 4.79 Å². The number of nitrogens with one attached hydrogen (secondary N) is 1. The van der Waals surface area contributed by atoms with Crippen LogP contribution in [0.4, 0.5) is 4.39 Å². The highest BCUT2D eigenvalue weighted by atomic mass is 35.5. The summed E-state index contributed by atoms with van der Waals surface area (Å²) in [5.41, 5.74) is -0.345. The zero-order valence-corrected chi connectivity index (χ0v) is 11.9. The molecule has 0 saturated carbocycles. The monoisotopic (exact) mass is 291 g/mol. The van der Waals surface area contributed by atoms with Gasteiger partial charge < -0.3 is 5.32 Å². The van der Waals surface area contributed by atoms with Gasteiger partial charge in [0.1, 0.15) is 5.82 Å². The van der Waals surface area contributed by atoms with Crippen LogP contribution in [0, 0.1) is 5.82 Å². The van der Waals surface area contributed by atoms with E-state index in [4.69, 9.17) is 23.2 Å². The van der Waals surface area contributed by atoms with Gasteiger partial charge in [0.25, 0.3) is 5.91 Å². The fourth-order valence-electron chi connectivity index (χ4n) is 1.64. The van der Waals surface area contributed by atoms with E-state index in [1.165, 1.54) is 18.2 Å². The molecular formula is C13H16Cl2FNO. The Kier molecular flexibility index (Phi) is 5.42. The van der Waals surface area contributed by atoms with E-state index in [1.54, 1.807) is 0 Å². The lowest BCUT2D eigenvalue weighted by Crippen LogP contribution is -2.49. The Morgan fingerprint density at radius 1 is 1.39 bits per heavy atom. The molecule has 0 unspecified atom stereocenters. The zero-order valence-electron chi connectivity index (χ0n) is 10.4. The topological polar surface area (TPSA) is 29.1 Å². The number of carbonyl (C=O) groups excluding carboxylic acids is 1. The molecule has 0 radical (unpaired) electrons. The fourth-order valence-corrected chi connectivity index (χ4v) is 2.29. The lowest BCUT2D eigenvalue weighted by Gasteiger charge is -2.30. The van der Waals surface area contributed by atoms with Crippen molar-refractivity contribution in [2.45, 2.75) is 32.2 Å². The Balaban J connectivity index is 2.98. The van der Waals surface area contributed by atoms with E-state index >= 15 is 0 Å². The van der Waals surface area contributed by atoms with Gasteiger partial charge in [0.05, 0.1) is 16.1 Å². The van der Waals surface area contributed by atoms with Crippen LogP contribution in [0.15, 0.2) is 18.2 Å². The molecule has 0 heterocycles. The average Bonchev–Trinajstić information content (AvgIpc) is 2.39. The normalized spacial score (nSPS) is 11.4. The van der Waals surface area contributed by atoms with Crippen molar-refractivity contribution >= 4 is 29.1 Å². The molecule has 0 atom stereocenters. The van der Waals surface area contributed by atoms with Crippen molar-refractivity contribution in [1.82, 2.24) is 5.32 Å². The third-order valence-corrected chi connectivity index (χ3v) is 4.08. The SMILES string of the molecule is CCC(CC)(CCl)NC(=O)c1cccc(F)c1Cl. The molecule has 18 heavy (non-hydrogen) atoms. The Labute approximate surface area is 116 Å². The van der Waals surface area contributed by atoms with E-state index < -0.39 is 17.3 Å². The summed E-state index contributed by atoms with van der Waals surface area (Å²) in [5, 5.41) is 2.68. The predicted octanol–water partition coefficient (Wildman–Crippen LogP) is 4.01. The number of benzene rings is 1. The van der Waals surface area contributed by atoms with Crippen molar-refractivity contribution < 1.29 is 9.18 Å². The quantitative estimate of drug-likeness (QED) is 0.816. The van der Waals surface area contributed by atoms with Gasteiger partial charge in [0.15, 0.2) is 0 Å². The molecular weight excluding hydrogens is 276 g/mol. The molecule has 0 aliphatic carbocycles. The molecule has 0 aliphatic heterocycles. The van der Waals surface area contributed by atoms with Gasteiger partial charge in [-0.05, 0) is 25.0 Å². The number of rotatable bonds is 5. The van der Waals surface area contributed by atoms with Crippen LogP contribution in [0.1, 0.15) is 37.0 Å². The van der Waals surface area contributed by atoms with Crippen molar-refractivity contribution in [3.8, 4) is 0 Å². The summed E-state index contributed by atoms with van der Waals surface area (Å²) in [7, 11) is 0. The number of amides is 1. The molecule has 1 N–H and O–H groups in total. The maximum Gasteiger partial charge on any atom is 0.253 e. The highest BCUT2D eigenvalue weighted by Crippen LogP contribution is 2.22. The third kappa shape index (κ3) is 3.15. The minimum atomic E-state index is -0.603. The first kappa shape index (κ1) is 15.3. The smallest absolute Gasteiger partial charge is 0.253 e. The summed E-state index contributed by atoms with van der Waals surface area (Å²) < 4.78 is 13.3. The van der Waals surface area contributed by atoms with Crippen LogP contribution in [-0.4, -0.2) is 17.3 Å². The number of hydrogen-bond donors (Lipinski definition) is 1. The van der Waals surface area contributed by atoms with Crippen molar-refractivity contribution in [2.24, 2.45) is 0 Å². The molecule has 0 aromatic heterocycles. The van der Waals surface area contributed by atoms with E-state index in [1.807, 2.05) is 13.8 Å². The summed E-state index contributed by atoms with van der Waals surface area (Å²) in [6.07, 6.45) is 1.40. The molecule has 0 spiro atoms. The molecule has 0 fully saturated rings. The molecule has 0 bridgehead atoms. The van der Waals surface area contributed by atoms with E-state index in [0.717, 1.165) is 0 Å². The Bertz CT molecular complexity index is 425. The zero-order chi connectivity index (χ0) is 13.8. The van der Waals surface area contributed by atoms with Crippen LogP contribution in [-0.2, 0) is 0 Å². The molecule has 1 rings (SSSR count). The van der Waals surface area contributed by atoms with Crippen LogP contribution < -0.4 is 5.32 Å². The minimum Gasteiger partial charge on any atom is -0.345 e. The van der Waals surface area contributed by atoms with E-state index in [-0.39, 0.29) is 10.6 Å². The van der Waals surface area contributed by atoms with Crippen LogP contribution in [0.2, 0.25) is 5.02 Å². The van der Waals surface area contributed by atoms with Crippen molar-refractivity contribution in [3.05, 3.63) is 34.6 Å². The second-order valence-corrected chi connectivity index (χ2v) is 4.82. The molecule has 1 amide bonds. The van der Waals surface area contributed by atoms with Gasteiger partial charge in [0, 0.05) is 5.88 Å². The standard InChI is InChI=1S/C13H16Cl2FNO/c1-3-13(4-2,8-14)17-12(18)9-6-5-7-10(16)11(9)15/h5-7H,3-4,8H2,1-2H3,(H,17,18). The number of carbonyl (C=O) groups is 1. The van der Waals surface area contributed by atoms with Crippen molar-refractivity contribution in [1.29, 1.82) is 0 Å². The first-order chi connectivity index (χ1) is 8.49. The molecule has 100 valence electrons. The largest absolute Gasteiger partial charge is 0.345 e. The highest BCUT2D eigenvalue weighted by molar-refractivity contribution is 6.34. The van der Waals surface area contributed by atoms with Crippen molar-refractivity contribution in [2.75, 3.05) is 5.88 Å². The maximum absolute atomic E-state index is 13.3. The Hall–Kier alpha value is -0.800. The molecule has 0 aliphatic rings. The van der Waals surface area contributed by atoms with Crippen LogP contribution in [0.3, 0.4) is 0 Å². The first-order valence-electron chi connectivity index (χ1n) is 5.82. The minimum absolute atomic E-state index is 0.132. The summed E-state index contributed by atoms with van der Waals surface area (Å²) in [4.78, 5) is 12.1. The van der Waals surface area contributed by atoms with E-state index in [9.17, 15) is 9.18 Å². The van der Waals surface area contributed by atoms with E-state index in [2.05, 4.69) is 5.32 Å². The van der Waals surface area contributed by atoms with Crippen LogP contribution in [0.5, 0.6) is 0 Å². The Morgan fingerprint density at radius 3 is 2.50 bits per heavy atom. The summed E-state index contributed by atoms with van der Waals surface area (Å²) in [6.45, 7) is 3.89.